The summed E-state index contributed by atoms with van der Waals surface area (Å²) in [4.78, 5) is -0.123. The minimum absolute atomic E-state index is 0.109. The van der Waals surface area contributed by atoms with Gasteiger partial charge in [0, 0.05) is 6.54 Å². The lowest BCUT2D eigenvalue weighted by Crippen LogP contribution is -2.00. The Morgan fingerprint density at radius 1 is 1.46 bits per heavy atom. The molecule has 0 aromatic heterocycles. The summed E-state index contributed by atoms with van der Waals surface area (Å²) in [6.07, 6.45) is 0. The summed E-state index contributed by atoms with van der Waals surface area (Å²) >= 11 is 0. The number of rotatable bonds is 2. The molecule has 4 nitrogen and oxygen atoms in total. The van der Waals surface area contributed by atoms with Gasteiger partial charge in [0.1, 0.15) is 0 Å². The van der Waals surface area contributed by atoms with E-state index in [-0.39, 0.29) is 11.4 Å². The standard InChI is InChI=1S/C8H10NO3S/c1-6-4-8(13(10,11)12)3-2-7(6)5-9/h2-4,9H,5H2,1H3,(H,10,11,12). The zero-order valence-corrected chi connectivity index (χ0v) is 7.93. The molecule has 0 aliphatic carbocycles. The lowest BCUT2D eigenvalue weighted by Gasteiger charge is -2.03. The third kappa shape index (κ3) is 2.27. The van der Waals surface area contributed by atoms with Crippen LogP contribution in [0, 0.1) is 6.92 Å². The van der Waals surface area contributed by atoms with Gasteiger partial charge >= 0.3 is 0 Å². The van der Waals surface area contributed by atoms with Crippen LogP contribution in [-0.2, 0) is 16.7 Å². The minimum atomic E-state index is -4.11. The Morgan fingerprint density at radius 3 is 2.46 bits per heavy atom. The van der Waals surface area contributed by atoms with Gasteiger partial charge in [-0.15, -0.1) is 0 Å². The van der Waals surface area contributed by atoms with Crippen molar-refractivity contribution in [3.63, 3.8) is 0 Å². The van der Waals surface area contributed by atoms with Crippen LogP contribution in [0.2, 0.25) is 0 Å². The average molecular weight is 200 g/mol. The van der Waals surface area contributed by atoms with Gasteiger partial charge in [-0.2, -0.15) is 8.42 Å². The van der Waals surface area contributed by atoms with Crippen LogP contribution < -0.4 is 5.73 Å². The molecule has 1 aromatic rings. The van der Waals surface area contributed by atoms with Crippen LogP contribution >= 0.6 is 0 Å². The Morgan fingerprint density at radius 2 is 2.08 bits per heavy atom. The smallest absolute Gasteiger partial charge is 0.282 e. The van der Waals surface area contributed by atoms with E-state index in [1.54, 1.807) is 6.92 Å². The fourth-order valence-corrected chi connectivity index (χ4v) is 1.59. The molecule has 0 heterocycles. The van der Waals surface area contributed by atoms with E-state index in [9.17, 15) is 8.42 Å². The van der Waals surface area contributed by atoms with Crippen LogP contribution in [0.3, 0.4) is 0 Å². The summed E-state index contributed by atoms with van der Waals surface area (Å²) < 4.78 is 30.1. The van der Waals surface area contributed by atoms with Gasteiger partial charge in [0.05, 0.1) is 4.90 Å². The zero-order chi connectivity index (χ0) is 10.1. The highest BCUT2D eigenvalue weighted by molar-refractivity contribution is 7.85. The number of hydrogen-bond donors (Lipinski definition) is 1. The second-order valence-electron chi connectivity index (χ2n) is 2.74. The second kappa shape index (κ2) is 3.45. The number of benzene rings is 1. The molecule has 71 valence electrons. The molecular formula is C8H10NO3S. The van der Waals surface area contributed by atoms with Crippen LogP contribution in [0.5, 0.6) is 0 Å². The van der Waals surface area contributed by atoms with Gasteiger partial charge < -0.3 is 0 Å². The molecule has 1 radical (unpaired) electrons. The Labute approximate surface area is 77.1 Å². The van der Waals surface area contributed by atoms with Gasteiger partial charge in [-0.05, 0) is 30.2 Å². The van der Waals surface area contributed by atoms with Gasteiger partial charge in [0.2, 0.25) is 0 Å². The fourth-order valence-electron chi connectivity index (χ4n) is 1.03. The normalized spacial score (nSPS) is 11.6. The molecule has 0 unspecified atom stereocenters. The van der Waals surface area contributed by atoms with Crippen molar-refractivity contribution in [1.82, 2.24) is 5.73 Å². The van der Waals surface area contributed by atoms with E-state index < -0.39 is 10.1 Å². The highest BCUT2D eigenvalue weighted by atomic mass is 32.2. The van der Waals surface area contributed by atoms with Crippen LogP contribution in [0.25, 0.3) is 0 Å². The fraction of sp³-hybridized carbons (Fsp3) is 0.250. The highest BCUT2D eigenvalue weighted by Gasteiger charge is 2.09. The van der Waals surface area contributed by atoms with Crippen molar-refractivity contribution in [1.29, 1.82) is 0 Å². The Balaban J connectivity index is 3.26. The number of aryl methyl sites for hydroxylation is 1. The SMILES string of the molecule is Cc1cc(S(=O)(=O)O)ccc1C[NH]. The van der Waals surface area contributed by atoms with Gasteiger partial charge in [-0.3, -0.25) is 10.3 Å². The summed E-state index contributed by atoms with van der Waals surface area (Å²) in [6.45, 7) is 1.82. The molecule has 0 atom stereocenters. The first kappa shape index (κ1) is 10.2. The van der Waals surface area contributed by atoms with E-state index in [1.807, 2.05) is 0 Å². The lowest BCUT2D eigenvalue weighted by molar-refractivity contribution is 0.483. The van der Waals surface area contributed by atoms with Crippen molar-refractivity contribution >= 4 is 10.1 Å². The molecule has 2 N–H and O–H groups in total. The third-order valence-corrected chi connectivity index (χ3v) is 2.65. The molecular weight excluding hydrogens is 190 g/mol. The summed E-state index contributed by atoms with van der Waals surface area (Å²) in [5.41, 5.74) is 8.56. The predicted molar refractivity (Wildman–Crippen MR) is 47.8 cm³/mol. The van der Waals surface area contributed by atoms with Gasteiger partial charge in [-0.1, -0.05) is 6.07 Å². The third-order valence-electron chi connectivity index (χ3n) is 1.80. The molecule has 0 aliphatic heterocycles. The van der Waals surface area contributed by atoms with Crippen molar-refractivity contribution < 1.29 is 13.0 Å². The predicted octanol–water partition coefficient (Wildman–Crippen LogP) is 1.02. The maximum atomic E-state index is 10.7. The maximum Gasteiger partial charge on any atom is 0.294 e. The van der Waals surface area contributed by atoms with E-state index in [1.165, 1.54) is 18.2 Å². The topological polar surface area (TPSA) is 78.2 Å². The maximum absolute atomic E-state index is 10.7. The Hall–Kier alpha value is -0.910. The number of nitrogens with one attached hydrogen (secondary N) is 1. The van der Waals surface area contributed by atoms with Gasteiger partial charge in [-0.25, -0.2) is 0 Å². The summed E-state index contributed by atoms with van der Waals surface area (Å²) in [6, 6.07) is 4.19. The Bertz CT molecular complexity index is 411. The molecule has 0 aliphatic rings. The molecule has 5 heteroatoms. The van der Waals surface area contributed by atoms with E-state index in [0.717, 1.165) is 5.56 Å². The monoisotopic (exact) mass is 200 g/mol. The molecule has 0 spiro atoms. The van der Waals surface area contributed by atoms with Crippen molar-refractivity contribution in [3.05, 3.63) is 29.3 Å². The molecule has 1 aromatic carbocycles. The summed E-state index contributed by atoms with van der Waals surface area (Å²) in [5, 5.41) is 0. The Kier molecular flexibility index (Phi) is 2.70. The lowest BCUT2D eigenvalue weighted by atomic mass is 10.1. The summed E-state index contributed by atoms with van der Waals surface area (Å²) in [5.74, 6) is 0. The number of hydrogen-bond acceptors (Lipinski definition) is 2. The molecule has 0 amide bonds. The van der Waals surface area contributed by atoms with Crippen LogP contribution in [0.1, 0.15) is 11.1 Å². The molecule has 0 fully saturated rings. The van der Waals surface area contributed by atoms with Crippen LogP contribution in [0.15, 0.2) is 23.1 Å². The molecule has 0 bridgehead atoms. The van der Waals surface area contributed by atoms with Crippen molar-refractivity contribution in [3.8, 4) is 0 Å². The largest absolute Gasteiger partial charge is 0.294 e. The zero-order valence-electron chi connectivity index (χ0n) is 7.11. The van der Waals surface area contributed by atoms with Crippen molar-refractivity contribution in [2.24, 2.45) is 0 Å². The van der Waals surface area contributed by atoms with Crippen molar-refractivity contribution in [2.75, 3.05) is 0 Å². The van der Waals surface area contributed by atoms with Crippen molar-refractivity contribution in [2.45, 2.75) is 18.4 Å². The highest BCUT2D eigenvalue weighted by Crippen LogP contribution is 2.14. The van der Waals surface area contributed by atoms with Crippen LogP contribution in [0.4, 0.5) is 0 Å². The first-order valence-electron chi connectivity index (χ1n) is 3.67. The summed E-state index contributed by atoms with van der Waals surface area (Å²) in [7, 11) is -4.11. The minimum Gasteiger partial charge on any atom is -0.282 e. The van der Waals surface area contributed by atoms with Gasteiger partial charge in [0.25, 0.3) is 10.1 Å². The quantitative estimate of drug-likeness (QED) is 0.724. The van der Waals surface area contributed by atoms with Gasteiger partial charge in [0.15, 0.2) is 0 Å². The van der Waals surface area contributed by atoms with E-state index in [2.05, 4.69) is 0 Å². The molecule has 1 rings (SSSR count). The molecule has 0 saturated heterocycles. The van der Waals surface area contributed by atoms with Crippen LogP contribution in [-0.4, -0.2) is 13.0 Å². The first-order valence-corrected chi connectivity index (χ1v) is 5.11. The van der Waals surface area contributed by atoms with E-state index >= 15 is 0 Å². The average Bonchev–Trinajstić information content (AvgIpc) is 2.02. The van der Waals surface area contributed by atoms with E-state index in [0.29, 0.717) is 5.56 Å². The molecule has 13 heavy (non-hydrogen) atoms. The first-order chi connectivity index (χ1) is 5.95. The van der Waals surface area contributed by atoms with E-state index in [4.69, 9.17) is 10.3 Å². The molecule has 0 saturated carbocycles. The second-order valence-corrected chi connectivity index (χ2v) is 4.16.